The van der Waals surface area contributed by atoms with Crippen LogP contribution in [0.25, 0.3) is 16.3 Å². The van der Waals surface area contributed by atoms with Crippen molar-refractivity contribution in [1.29, 1.82) is 0 Å². The minimum Gasteiger partial charge on any atom is -0.457 e. The van der Waals surface area contributed by atoms with Gasteiger partial charge in [-0.05, 0) is 103 Å². The Morgan fingerprint density at radius 1 is 1.12 bits per heavy atom. The maximum atomic E-state index is 9.38. The Kier molecular flexibility index (Phi) is 6.42. The molecule has 5 rings (SSSR count). The summed E-state index contributed by atoms with van der Waals surface area (Å²) in [5.41, 5.74) is 4.71. The lowest BCUT2D eigenvalue weighted by Gasteiger charge is -2.16. The summed E-state index contributed by atoms with van der Waals surface area (Å²) in [4.78, 5) is 2.43. The minimum atomic E-state index is 0.295. The molecule has 0 saturated carbocycles. The predicted molar refractivity (Wildman–Crippen MR) is 133 cm³/mol. The number of fused-ring (bicyclic) bond motifs is 1. The molecule has 3 aromatic rings. The number of nitrogens with one attached hydrogen (secondary N) is 1. The van der Waals surface area contributed by atoms with E-state index >= 15 is 0 Å². The third-order valence-corrected chi connectivity index (χ3v) is 6.67. The molecule has 1 saturated heterocycles. The summed E-state index contributed by atoms with van der Waals surface area (Å²) in [6.07, 6.45) is 11.2. The minimum absolute atomic E-state index is 0.295. The molecular formula is C28H31N3O2. The number of nitrogens with zero attached hydrogens (tertiary/aromatic N) is 2. The molecule has 0 amide bonds. The molecule has 2 heterocycles. The predicted octanol–water partition coefficient (Wildman–Crippen LogP) is 5.46. The van der Waals surface area contributed by atoms with Crippen molar-refractivity contribution >= 4 is 16.3 Å². The number of H-pyrrole nitrogens is 1. The summed E-state index contributed by atoms with van der Waals surface area (Å²) < 4.78 is 6.35. The number of hydrogen-bond acceptors (Lipinski definition) is 4. The van der Waals surface area contributed by atoms with Gasteiger partial charge in [-0.1, -0.05) is 24.3 Å². The fourth-order valence-electron chi connectivity index (χ4n) is 4.71. The number of ether oxygens (including phenoxy) is 1. The first-order chi connectivity index (χ1) is 16.2. The molecule has 5 nitrogen and oxygen atoms in total. The van der Waals surface area contributed by atoms with Crippen molar-refractivity contribution < 1.29 is 9.84 Å². The third-order valence-electron chi connectivity index (χ3n) is 6.67. The first-order valence-electron chi connectivity index (χ1n) is 11.8. The van der Waals surface area contributed by atoms with Crippen molar-refractivity contribution in [3.8, 4) is 5.75 Å². The smallest absolute Gasteiger partial charge is 0.128 e. The Morgan fingerprint density at radius 3 is 2.82 bits per heavy atom. The van der Waals surface area contributed by atoms with Gasteiger partial charge < -0.3 is 9.84 Å². The Balaban J connectivity index is 1.31. The van der Waals surface area contributed by atoms with E-state index in [0.29, 0.717) is 12.5 Å². The lowest BCUT2D eigenvalue weighted by Crippen LogP contribution is -2.20. The summed E-state index contributed by atoms with van der Waals surface area (Å²) in [6.45, 7) is 5.42. The van der Waals surface area contributed by atoms with Crippen LogP contribution < -0.4 is 4.74 Å². The lowest BCUT2D eigenvalue weighted by molar-refractivity contribution is 0.220. The number of allylic oxidation sites excluding steroid dienone is 5. The van der Waals surface area contributed by atoms with Gasteiger partial charge in [-0.15, -0.1) is 0 Å². The molecule has 2 aliphatic rings. The largest absolute Gasteiger partial charge is 0.457 e. The summed E-state index contributed by atoms with van der Waals surface area (Å²) in [6, 6.07) is 15.0. The second-order valence-electron chi connectivity index (χ2n) is 9.16. The van der Waals surface area contributed by atoms with Gasteiger partial charge >= 0.3 is 0 Å². The zero-order chi connectivity index (χ0) is 22.6. The first-order valence-corrected chi connectivity index (χ1v) is 11.8. The van der Waals surface area contributed by atoms with E-state index in [1.807, 2.05) is 6.07 Å². The highest BCUT2D eigenvalue weighted by molar-refractivity contribution is 5.84. The van der Waals surface area contributed by atoms with Gasteiger partial charge in [-0.3, -0.25) is 10.00 Å². The van der Waals surface area contributed by atoms with E-state index in [1.165, 1.54) is 21.9 Å². The average molecular weight is 442 g/mol. The van der Waals surface area contributed by atoms with E-state index in [1.54, 1.807) is 6.20 Å². The van der Waals surface area contributed by atoms with Gasteiger partial charge in [0.15, 0.2) is 0 Å². The molecular weight excluding hydrogens is 410 g/mol. The average Bonchev–Trinajstić information content (AvgIpc) is 3.51. The topological polar surface area (TPSA) is 61.4 Å². The molecule has 0 spiro atoms. The monoisotopic (exact) mass is 441 g/mol. The molecule has 2 N–H and O–H groups in total. The van der Waals surface area contributed by atoms with E-state index in [0.717, 1.165) is 61.7 Å². The number of aliphatic hydroxyl groups is 1. The lowest BCUT2D eigenvalue weighted by atomic mass is 10.0. The number of benzene rings is 2. The fraction of sp³-hybridized carbons (Fsp3) is 0.321. The van der Waals surface area contributed by atoms with Crippen molar-refractivity contribution in [1.82, 2.24) is 15.1 Å². The number of hydrogen-bond donors (Lipinski definition) is 2. The highest BCUT2D eigenvalue weighted by atomic mass is 16.5. The Bertz CT molecular complexity index is 1210. The summed E-state index contributed by atoms with van der Waals surface area (Å²) >= 11 is 0. The second-order valence-corrected chi connectivity index (χ2v) is 9.16. The van der Waals surface area contributed by atoms with Crippen LogP contribution in [-0.2, 0) is 6.54 Å². The molecule has 1 atom stereocenters. The van der Waals surface area contributed by atoms with Crippen molar-refractivity contribution in [2.24, 2.45) is 5.92 Å². The van der Waals surface area contributed by atoms with Crippen LogP contribution in [0.15, 0.2) is 78.2 Å². The van der Waals surface area contributed by atoms with E-state index < -0.39 is 0 Å². The van der Waals surface area contributed by atoms with Gasteiger partial charge in [0.2, 0.25) is 0 Å². The Labute approximate surface area is 195 Å². The molecule has 1 aliphatic carbocycles. The quantitative estimate of drug-likeness (QED) is 0.533. The molecule has 1 aromatic heterocycles. The highest BCUT2D eigenvalue weighted by Gasteiger charge is 2.21. The van der Waals surface area contributed by atoms with E-state index in [-0.39, 0.29) is 0 Å². The van der Waals surface area contributed by atoms with Crippen molar-refractivity contribution in [2.75, 3.05) is 19.7 Å². The molecule has 1 aliphatic heterocycles. The third kappa shape index (κ3) is 5.10. The van der Waals surface area contributed by atoms with Crippen LogP contribution in [0.1, 0.15) is 37.4 Å². The van der Waals surface area contributed by atoms with E-state index in [2.05, 4.69) is 76.6 Å². The molecule has 5 heteroatoms. The van der Waals surface area contributed by atoms with Crippen LogP contribution in [0, 0.1) is 5.92 Å². The normalized spacial score (nSPS) is 19.6. The van der Waals surface area contributed by atoms with Crippen LogP contribution in [0.5, 0.6) is 5.75 Å². The molecule has 0 bridgehead atoms. The standard InChI is InChI=1S/C28H31N3O2/c1-20-3-2-4-23(27-11-13-29-30-27)8-10-28(20)33-26-9-7-24-15-21(5-6-25(24)16-26)17-31-14-12-22(18-31)19-32/h4-11,13,15-16,22,32H,2-3,12,14,17-19H2,1H3,(H,29,30). The van der Waals surface area contributed by atoms with Crippen molar-refractivity contribution in [3.05, 3.63) is 89.5 Å². The van der Waals surface area contributed by atoms with Crippen molar-refractivity contribution in [3.63, 3.8) is 0 Å². The molecule has 170 valence electrons. The number of rotatable bonds is 6. The number of aliphatic hydroxyl groups excluding tert-OH is 1. The van der Waals surface area contributed by atoms with Crippen LogP contribution in [0.3, 0.4) is 0 Å². The summed E-state index contributed by atoms with van der Waals surface area (Å²) in [5, 5.41) is 18.9. The van der Waals surface area contributed by atoms with Gasteiger partial charge in [0.25, 0.3) is 0 Å². The number of likely N-dealkylation sites (tertiary alicyclic amines) is 1. The second kappa shape index (κ2) is 9.77. The summed E-state index contributed by atoms with van der Waals surface area (Å²) in [5.74, 6) is 2.19. The molecule has 1 unspecified atom stereocenters. The van der Waals surface area contributed by atoms with E-state index in [9.17, 15) is 5.11 Å². The van der Waals surface area contributed by atoms with Gasteiger partial charge in [0, 0.05) is 25.9 Å². The Hall–Kier alpha value is -3.15. The number of aromatic nitrogens is 2. The van der Waals surface area contributed by atoms with Gasteiger partial charge in [0.05, 0.1) is 5.69 Å². The summed E-state index contributed by atoms with van der Waals surface area (Å²) in [7, 11) is 0. The molecule has 1 fully saturated rings. The van der Waals surface area contributed by atoms with Gasteiger partial charge in [-0.25, -0.2) is 0 Å². The fourth-order valence-corrected chi connectivity index (χ4v) is 4.71. The van der Waals surface area contributed by atoms with Crippen LogP contribution in [-0.4, -0.2) is 39.9 Å². The zero-order valence-electron chi connectivity index (χ0n) is 19.1. The Morgan fingerprint density at radius 2 is 2.00 bits per heavy atom. The van der Waals surface area contributed by atoms with Crippen molar-refractivity contribution in [2.45, 2.75) is 32.7 Å². The molecule has 2 aromatic carbocycles. The maximum Gasteiger partial charge on any atom is 0.128 e. The maximum absolute atomic E-state index is 9.38. The molecule has 33 heavy (non-hydrogen) atoms. The molecule has 0 radical (unpaired) electrons. The number of aromatic amines is 1. The van der Waals surface area contributed by atoms with Gasteiger partial charge in [0.1, 0.15) is 11.5 Å². The highest BCUT2D eigenvalue weighted by Crippen LogP contribution is 2.28. The van der Waals surface area contributed by atoms with Crippen LogP contribution in [0.2, 0.25) is 0 Å². The van der Waals surface area contributed by atoms with Crippen LogP contribution >= 0.6 is 0 Å². The SMILES string of the molecule is CC1=C(Oc2ccc3cc(CN4CCC(CO)C4)ccc3c2)C=CC(c2ccn[nH]2)=CCC1. The zero-order valence-corrected chi connectivity index (χ0v) is 19.1. The van der Waals surface area contributed by atoms with Crippen LogP contribution in [0.4, 0.5) is 0 Å². The van der Waals surface area contributed by atoms with Gasteiger partial charge in [-0.2, -0.15) is 5.10 Å². The van der Waals surface area contributed by atoms with E-state index in [4.69, 9.17) is 4.74 Å². The first kappa shape index (κ1) is 21.7.